The first kappa shape index (κ1) is 22.9. The van der Waals surface area contributed by atoms with Gasteiger partial charge in [-0.05, 0) is 85.4 Å². The topological polar surface area (TPSA) is 67.4 Å². The SMILES string of the molecule is CC(C)CCOc1ccc(C(=O)Nc2cccc(C(=O)NC(C)(C)C)c2)cc1Br. The minimum Gasteiger partial charge on any atom is -0.492 e. The van der Waals surface area contributed by atoms with Crippen LogP contribution in [-0.4, -0.2) is 24.0 Å². The van der Waals surface area contributed by atoms with Crippen LogP contribution in [0.4, 0.5) is 5.69 Å². The van der Waals surface area contributed by atoms with Gasteiger partial charge in [0.25, 0.3) is 11.8 Å². The molecule has 0 radical (unpaired) electrons. The van der Waals surface area contributed by atoms with Gasteiger partial charge in [0.15, 0.2) is 0 Å². The Labute approximate surface area is 181 Å². The number of rotatable bonds is 7. The van der Waals surface area contributed by atoms with E-state index in [1.54, 1.807) is 42.5 Å². The number of benzene rings is 2. The summed E-state index contributed by atoms with van der Waals surface area (Å²) in [6.45, 7) is 10.7. The molecular weight excluding hydrogens is 432 g/mol. The Balaban J connectivity index is 2.05. The van der Waals surface area contributed by atoms with Crippen LogP contribution >= 0.6 is 15.9 Å². The van der Waals surface area contributed by atoms with Gasteiger partial charge in [-0.15, -0.1) is 0 Å². The van der Waals surface area contributed by atoms with Gasteiger partial charge < -0.3 is 15.4 Å². The zero-order valence-electron chi connectivity index (χ0n) is 17.6. The van der Waals surface area contributed by atoms with Crippen LogP contribution in [0.3, 0.4) is 0 Å². The zero-order chi connectivity index (χ0) is 21.6. The van der Waals surface area contributed by atoms with Crippen molar-refractivity contribution < 1.29 is 14.3 Å². The Kier molecular flexibility index (Phi) is 7.85. The van der Waals surface area contributed by atoms with Crippen molar-refractivity contribution in [1.82, 2.24) is 5.32 Å². The first-order chi connectivity index (χ1) is 13.5. The number of ether oxygens (including phenoxy) is 1. The predicted octanol–water partition coefficient (Wildman–Crippen LogP) is 5.65. The second-order valence-corrected chi connectivity index (χ2v) is 9.27. The number of hydrogen-bond donors (Lipinski definition) is 2. The van der Waals surface area contributed by atoms with Gasteiger partial charge in [-0.1, -0.05) is 19.9 Å². The van der Waals surface area contributed by atoms with E-state index in [4.69, 9.17) is 4.74 Å². The Morgan fingerprint density at radius 2 is 1.72 bits per heavy atom. The van der Waals surface area contributed by atoms with Gasteiger partial charge >= 0.3 is 0 Å². The maximum absolute atomic E-state index is 12.6. The Hall–Kier alpha value is -2.34. The molecule has 0 aliphatic carbocycles. The average molecular weight is 461 g/mol. The molecule has 0 unspecified atom stereocenters. The standard InChI is InChI=1S/C23H29BrN2O3/c1-15(2)11-12-29-20-10-9-17(14-19(20)24)21(27)25-18-8-6-7-16(13-18)22(28)26-23(3,4)5/h6-10,13-15H,11-12H2,1-5H3,(H,25,27)(H,26,28). The Morgan fingerprint density at radius 1 is 1.03 bits per heavy atom. The van der Waals surface area contributed by atoms with E-state index in [2.05, 4.69) is 40.4 Å². The fraction of sp³-hybridized carbons (Fsp3) is 0.391. The van der Waals surface area contributed by atoms with Crippen molar-refractivity contribution in [2.75, 3.05) is 11.9 Å². The van der Waals surface area contributed by atoms with Crippen molar-refractivity contribution in [1.29, 1.82) is 0 Å². The van der Waals surface area contributed by atoms with Crippen LogP contribution in [0, 0.1) is 5.92 Å². The maximum atomic E-state index is 12.6. The van der Waals surface area contributed by atoms with Crippen molar-refractivity contribution in [2.45, 2.75) is 46.6 Å². The molecule has 0 atom stereocenters. The van der Waals surface area contributed by atoms with Crippen molar-refractivity contribution in [3.05, 3.63) is 58.1 Å². The highest BCUT2D eigenvalue weighted by atomic mass is 79.9. The first-order valence-corrected chi connectivity index (χ1v) is 10.5. The molecule has 0 bridgehead atoms. The summed E-state index contributed by atoms with van der Waals surface area (Å²) in [6.07, 6.45) is 0.966. The lowest BCUT2D eigenvalue weighted by Crippen LogP contribution is -2.40. The molecule has 2 aromatic carbocycles. The van der Waals surface area contributed by atoms with Gasteiger partial charge in [0.2, 0.25) is 0 Å². The van der Waals surface area contributed by atoms with Crippen LogP contribution in [0.15, 0.2) is 46.9 Å². The van der Waals surface area contributed by atoms with E-state index in [1.165, 1.54) is 0 Å². The minimum absolute atomic E-state index is 0.181. The van der Waals surface area contributed by atoms with Crippen LogP contribution in [0.25, 0.3) is 0 Å². The molecule has 156 valence electrons. The molecule has 0 aliphatic heterocycles. The molecule has 0 aliphatic rings. The third kappa shape index (κ3) is 7.54. The van der Waals surface area contributed by atoms with Crippen molar-refractivity contribution in [3.8, 4) is 5.75 Å². The van der Waals surface area contributed by atoms with Crippen LogP contribution in [0.5, 0.6) is 5.75 Å². The average Bonchev–Trinajstić information content (AvgIpc) is 2.61. The molecule has 0 fully saturated rings. The number of carbonyl (C=O) groups excluding carboxylic acids is 2. The van der Waals surface area contributed by atoms with Gasteiger partial charge in [0.1, 0.15) is 5.75 Å². The molecule has 0 saturated carbocycles. The highest BCUT2D eigenvalue weighted by Crippen LogP contribution is 2.27. The normalized spacial score (nSPS) is 11.3. The number of anilines is 1. The lowest BCUT2D eigenvalue weighted by molar-refractivity contribution is 0.0918. The van der Waals surface area contributed by atoms with Gasteiger partial charge in [-0.2, -0.15) is 0 Å². The molecule has 0 aromatic heterocycles. The largest absolute Gasteiger partial charge is 0.492 e. The maximum Gasteiger partial charge on any atom is 0.255 e. The number of nitrogens with one attached hydrogen (secondary N) is 2. The van der Waals surface area contributed by atoms with Crippen molar-refractivity contribution in [3.63, 3.8) is 0 Å². The first-order valence-electron chi connectivity index (χ1n) is 9.71. The minimum atomic E-state index is -0.332. The van der Waals surface area contributed by atoms with E-state index in [0.29, 0.717) is 35.1 Å². The summed E-state index contributed by atoms with van der Waals surface area (Å²) in [5, 5.41) is 5.75. The fourth-order valence-corrected chi connectivity index (χ4v) is 3.01. The molecule has 2 rings (SSSR count). The van der Waals surface area contributed by atoms with Gasteiger partial charge in [0, 0.05) is 22.4 Å². The molecule has 0 heterocycles. The lowest BCUT2D eigenvalue weighted by Gasteiger charge is -2.20. The van der Waals surface area contributed by atoms with Crippen LogP contribution in [-0.2, 0) is 0 Å². The Morgan fingerprint density at radius 3 is 2.34 bits per heavy atom. The van der Waals surface area contributed by atoms with Gasteiger partial charge in [0.05, 0.1) is 11.1 Å². The van der Waals surface area contributed by atoms with E-state index in [0.717, 1.165) is 10.9 Å². The second-order valence-electron chi connectivity index (χ2n) is 8.42. The molecule has 2 amide bonds. The molecule has 29 heavy (non-hydrogen) atoms. The van der Waals surface area contributed by atoms with Crippen molar-refractivity contribution >= 4 is 33.4 Å². The quantitative estimate of drug-likeness (QED) is 0.560. The number of halogens is 1. The highest BCUT2D eigenvalue weighted by molar-refractivity contribution is 9.10. The number of carbonyl (C=O) groups is 2. The summed E-state index contributed by atoms with van der Waals surface area (Å²) >= 11 is 3.47. The van der Waals surface area contributed by atoms with E-state index in [1.807, 2.05) is 20.8 Å². The summed E-state index contributed by atoms with van der Waals surface area (Å²) in [5.74, 6) is 0.843. The van der Waals surface area contributed by atoms with Crippen LogP contribution in [0.2, 0.25) is 0 Å². The molecule has 2 N–H and O–H groups in total. The summed E-state index contributed by atoms with van der Waals surface area (Å²) in [6, 6.07) is 12.1. The number of amides is 2. The van der Waals surface area contributed by atoms with Gasteiger partial charge in [-0.25, -0.2) is 0 Å². The van der Waals surface area contributed by atoms with Crippen molar-refractivity contribution in [2.24, 2.45) is 5.92 Å². The molecule has 0 saturated heterocycles. The molecule has 6 heteroatoms. The Bertz CT molecular complexity index is 873. The van der Waals surface area contributed by atoms with E-state index >= 15 is 0 Å². The fourth-order valence-electron chi connectivity index (χ4n) is 2.52. The van der Waals surface area contributed by atoms with Crippen LogP contribution in [0.1, 0.15) is 61.8 Å². The smallest absolute Gasteiger partial charge is 0.255 e. The zero-order valence-corrected chi connectivity index (χ0v) is 19.2. The molecule has 2 aromatic rings. The predicted molar refractivity (Wildman–Crippen MR) is 121 cm³/mol. The molecular formula is C23H29BrN2O3. The van der Waals surface area contributed by atoms with E-state index in [9.17, 15) is 9.59 Å². The molecule has 5 nitrogen and oxygen atoms in total. The van der Waals surface area contributed by atoms with Crippen LogP contribution < -0.4 is 15.4 Å². The highest BCUT2D eigenvalue weighted by Gasteiger charge is 2.16. The van der Waals surface area contributed by atoms with E-state index < -0.39 is 0 Å². The summed E-state index contributed by atoms with van der Waals surface area (Å²) in [5.41, 5.74) is 1.22. The lowest BCUT2D eigenvalue weighted by atomic mass is 10.1. The number of hydrogen-bond acceptors (Lipinski definition) is 3. The summed E-state index contributed by atoms with van der Waals surface area (Å²) in [7, 11) is 0. The third-order valence-electron chi connectivity index (χ3n) is 4.02. The van der Waals surface area contributed by atoms with E-state index in [-0.39, 0.29) is 17.4 Å². The monoisotopic (exact) mass is 460 g/mol. The third-order valence-corrected chi connectivity index (χ3v) is 4.64. The molecule has 0 spiro atoms. The van der Waals surface area contributed by atoms with Gasteiger partial charge in [-0.3, -0.25) is 9.59 Å². The summed E-state index contributed by atoms with van der Waals surface area (Å²) in [4.78, 5) is 25.0. The second kappa shape index (κ2) is 9.92. The summed E-state index contributed by atoms with van der Waals surface area (Å²) < 4.78 is 6.49.